The predicted octanol–water partition coefficient (Wildman–Crippen LogP) is 2.41. The number of nitrogens with zero attached hydrogens (tertiary/aromatic N) is 3. The molecule has 0 spiro atoms. The quantitative estimate of drug-likeness (QED) is 0.210. The number of hydrogen-bond acceptors (Lipinski definition) is 6. The molecule has 12 heteroatoms. The second kappa shape index (κ2) is 19.4. The molecule has 0 aromatic carbocycles. The summed E-state index contributed by atoms with van der Waals surface area (Å²) in [6, 6.07) is -4.28. The molecule has 0 aliphatic rings. The summed E-state index contributed by atoms with van der Waals surface area (Å²) in [4.78, 5) is 83.3. The van der Waals surface area contributed by atoms with E-state index in [1.54, 1.807) is 21.0 Å². The van der Waals surface area contributed by atoms with Gasteiger partial charge in [-0.1, -0.05) is 55.4 Å². The second-order valence-corrected chi connectivity index (χ2v) is 13.9. The third-order valence-electron chi connectivity index (χ3n) is 7.95. The van der Waals surface area contributed by atoms with Gasteiger partial charge in [0.1, 0.15) is 30.2 Å². The monoisotopic (exact) mass is 638 g/mol. The molecular formula is C33H62N6O6. The molecule has 0 unspecified atom stereocenters. The molecule has 0 saturated heterocycles. The molecule has 12 nitrogen and oxygen atoms in total. The van der Waals surface area contributed by atoms with Crippen LogP contribution in [0.1, 0.15) is 94.9 Å². The van der Waals surface area contributed by atoms with E-state index in [-0.39, 0.29) is 35.5 Å². The van der Waals surface area contributed by atoms with Gasteiger partial charge in [-0.05, 0) is 56.8 Å². The SMILES string of the molecule is CNC(=O)[C@H](C(C)C)N(C)C(=O)[C@H](CC(C)C)N(C)C(=O)[C@H](CC(C)C)N(C)C(=O)[C@H](C)NC(=O)[C@@H](C)NC(=O)CCC(C)C. The van der Waals surface area contributed by atoms with E-state index in [9.17, 15) is 28.8 Å². The minimum atomic E-state index is -0.969. The zero-order valence-corrected chi connectivity index (χ0v) is 30.3. The largest absolute Gasteiger partial charge is 0.357 e. The molecule has 260 valence electrons. The third-order valence-corrected chi connectivity index (χ3v) is 7.95. The molecule has 0 rings (SSSR count). The minimum Gasteiger partial charge on any atom is -0.357 e. The summed E-state index contributed by atoms with van der Waals surface area (Å²) in [6.45, 7) is 18.6. The topological polar surface area (TPSA) is 148 Å². The molecule has 0 heterocycles. The standard InChI is InChI=1S/C33H62N6O6/c1-19(2)15-16-27(40)35-23(9)29(41)36-24(10)31(43)37(12)25(17-20(3)4)32(44)38(13)26(18-21(5)6)33(45)39(14)28(22(7)8)30(42)34-11/h19-26,28H,15-18H2,1-14H3,(H,34,42)(H,35,40)(H,36,41)/t23-,24+,25+,26+,28+/m1/s1. The molecule has 3 N–H and O–H groups in total. The number of carbonyl (C=O) groups excluding carboxylic acids is 6. The van der Waals surface area contributed by atoms with E-state index >= 15 is 0 Å². The molecular weight excluding hydrogens is 576 g/mol. The fraction of sp³-hybridized carbons (Fsp3) is 0.818. The maximum atomic E-state index is 14.1. The Kier molecular flexibility index (Phi) is 18.0. The number of likely N-dealkylation sites (N-methyl/N-ethyl adjacent to an activating group) is 4. The highest BCUT2D eigenvalue weighted by atomic mass is 16.2. The van der Waals surface area contributed by atoms with E-state index in [4.69, 9.17) is 0 Å². The summed E-state index contributed by atoms with van der Waals surface area (Å²) in [6.07, 6.45) is 1.70. The van der Waals surface area contributed by atoms with Gasteiger partial charge in [0, 0.05) is 34.6 Å². The van der Waals surface area contributed by atoms with Gasteiger partial charge in [-0.3, -0.25) is 28.8 Å². The lowest BCUT2D eigenvalue weighted by molar-refractivity contribution is -0.153. The van der Waals surface area contributed by atoms with Gasteiger partial charge in [0.05, 0.1) is 0 Å². The maximum Gasteiger partial charge on any atom is 0.245 e. The average Bonchev–Trinajstić information content (AvgIpc) is 2.94. The molecule has 0 saturated carbocycles. The first-order valence-electron chi connectivity index (χ1n) is 16.3. The molecule has 0 fully saturated rings. The average molecular weight is 639 g/mol. The summed E-state index contributed by atoms with van der Waals surface area (Å²) < 4.78 is 0. The Morgan fingerprint density at radius 3 is 1.40 bits per heavy atom. The number of amides is 6. The molecule has 0 aliphatic carbocycles. The Morgan fingerprint density at radius 2 is 1.00 bits per heavy atom. The van der Waals surface area contributed by atoms with Crippen LogP contribution in [0.5, 0.6) is 0 Å². The Hall–Kier alpha value is -3.18. The van der Waals surface area contributed by atoms with Crippen LogP contribution in [-0.2, 0) is 28.8 Å². The van der Waals surface area contributed by atoms with Crippen molar-refractivity contribution in [2.75, 3.05) is 28.2 Å². The van der Waals surface area contributed by atoms with Gasteiger partial charge in [0.2, 0.25) is 35.4 Å². The van der Waals surface area contributed by atoms with Gasteiger partial charge in [-0.2, -0.15) is 0 Å². The molecule has 0 radical (unpaired) electrons. The highest BCUT2D eigenvalue weighted by Gasteiger charge is 2.40. The summed E-state index contributed by atoms with van der Waals surface area (Å²) >= 11 is 0. The van der Waals surface area contributed by atoms with Crippen LogP contribution in [0.15, 0.2) is 0 Å². The van der Waals surface area contributed by atoms with Crippen LogP contribution < -0.4 is 16.0 Å². The van der Waals surface area contributed by atoms with Crippen molar-refractivity contribution in [2.45, 2.75) is 125 Å². The van der Waals surface area contributed by atoms with Crippen molar-refractivity contribution in [3.63, 3.8) is 0 Å². The Bertz CT molecular complexity index is 1010. The lowest BCUT2D eigenvalue weighted by Crippen LogP contribution is -2.60. The van der Waals surface area contributed by atoms with Crippen LogP contribution in [0, 0.1) is 23.7 Å². The van der Waals surface area contributed by atoms with Crippen LogP contribution in [0.3, 0.4) is 0 Å². The number of carbonyl (C=O) groups is 6. The lowest BCUT2D eigenvalue weighted by atomic mass is 9.96. The second-order valence-electron chi connectivity index (χ2n) is 13.9. The highest BCUT2D eigenvalue weighted by Crippen LogP contribution is 2.21. The lowest BCUT2D eigenvalue weighted by Gasteiger charge is -2.39. The first-order valence-corrected chi connectivity index (χ1v) is 16.3. The van der Waals surface area contributed by atoms with Crippen molar-refractivity contribution in [3.8, 4) is 0 Å². The van der Waals surface area contributed by atoms with E-state index < -0.39 is 47.9 Å². The smallest absolute Gasteiger partial charge is 0.245 e. The maximum absolute atomic E-state index is 14.1. The molecule has 45 heavy (non-hydrogen) atoms. The van der Waals surface area contributed by atoms with Gasteiger partial charge < -0.3 is 30.7 Å². The van der Waals surface area contributed by atoms with Gasteiger partial charge in [0.25, 0.3) is 0 Å². The summed E-state index contributed by atoms with van der Waals surface area (Å²) in [5, 5.41) is 7.95. The zero-order chi connectivity index (χ0) is 35.3. The van der Waals surface area contributed by atoms with Crippen molar-refractivity contribution in [2.24, 2.45) is 23.7 Å². The van der Waals surface area contributed by atoms with Crippen molar-refractivity contribution in [3.05, 3.63) is 0 Å². The van der Waals surface area contributed by atoms with Crippen LogP contribution in [0.25, 0.3) is 0 Å². The Morgan fingerprint density at radius 1 is 0.556 bits per heavy atom. The van der Waals surface area contributed by atoms with Gasteiger partial charge in [-0.15, -0.1) is 0 Å². The van der Waals surface area contributed by atoms with Crippen LogP contribution in [0.2, 0.25) is 0 Å². The zero-order valence-electron chi connectivity index (χ0n) is 30.3. The molecule has 0 aliphatic heterocycles. The normalized spacial score (nSPS) is 14.8. The highest BCUT2D eigenvalue weighted by molar-refractivity contribution is 5.96. The molecule has 5 atom stereocenters. The Balaban J connectivity index is 6.03. The molecule has 0 bridgehead atoms. The summed E-state index contributed by atoms with van der Waals surface area (Å²) in [5.74, 6) is -1.98. The number of rotatable bonds is 18. The van der Waals surface area contributed by atoms with E-state index in [1.165, 1.54) is 35.7 Å². The molecule has 6 amide bonds. The van der Waals surface area contributed by atoms with Crippen LogP contribution in [0.4, 0.5) is 0 Å². The first-order chi connectivity index (χ1) is 20.7. The summed E-state index contributed by atoms with van der Waals surface area (Å²) in [7, 11) is 6.18. The van der Waals surface area contributed by atoms with Crippen molar-refractivity contribution >= 4 is 35.4 Å². The van der Waals surface area contributed by atoms with Gasteiger partial charge in [0.15, 0.2) is 0 Å². The van der Waals surface area contributed by atoms with Crippen LogP contribution >= 0.6 is 0 Å². The summed E-state index contributed by atoms with van der Waals surface area (Å²) in [5.41, 5.74) is 0. The number of nitrogens with one attached hydrogen (secondary N) is 3. The minimum absolute atomic E-state index is 0.0362. The van der Waals surface area contributed by atoms with Crippen LogP contribution in [-0.4, -0.2) is 109 Å². The fourth-order valence-electron chi connectivity index (χ4n) is 5.23. The van der Waals surface area contributed by atoms with E-state index in [1.807, 2.05) is 55.4 Å². The Labute approximate surface area is 271 Å². The predicted molar refractivity (Wildman–Crippen MR) is 177 cm³/mol. The first kappa shape index (κ1) is 41.8. The van der Waals surface area contributed by atoms with E-state index in [0.29, 0.717) is 31.6 Å². The fourth-order valence-corrected chi connectivity index (χ4v) is 5.23. The molecule has 0 aromatic rings. The van der Waals surface area contributed by atoms with Gasteiger partial charge in [-0.25, -0.2) is 0 Å². The van der Waals surface area contributed by atoms with Crippen molar-refractivity contribution < 1.29 is 28.8 Å². The van der Waals surface area contributed by atoms with E-state index in [2.05, 4.69) is 16.0 Å². The van der Waals surface area contributed by atoms with Gasteiger partial charge >= 0.3 is 0 Å². The van der Waals surface area contributed by atoms with Crippen molar-refractivity contribution in [1.82, 2.24) is 30.7 Å². The molecule has 0 aromatic heterocycles. The third kappa shape index (κ3) is 13.4. The van der Waals surface area contributed by atoms with E-state index in [0.717, 1.165) is 0 Å². The number of hydrogen-bond donors (Lipinski definition) is 3. The van der Waals surface area contributed by atoms with Crippen molar-refractivity contribution in [1.29, 1.82) is 0 Å².